The Morgan fingerprint density at radius 2 is 1.80 bits per heavy atom. The van der Waals surface area contributed by atoms with E-state index in [9.17, 15) is 5.11 Å². The van der Waals surface area contributed by atoms with E-state index in [1.807, 2.05) is 34.4 Å². The number of nitrogens with zero attached hydrogens (tertiary/aromatic N) is 8. The van der Waals surface area contributed by atoms with Crippen LogP contribution in [-0.2, 0) is 23.8 Å². The molecule has 0 saturated carbocycles. The van der Waals surface area contributed by atoms with Crippen LogP contribution in [0.25, 0.3) is 28.1 Å². The van der Waals surface area contributed by atoms with E-state index >= 15 is 0 Å². The van der Waals surface area contributed by atoms with Crippen LogP contribution in [0.15, 0.2) is 24.3 Å². The zero-order valence-corrected chi connectivity index (χ0v) is 20.8. The van der Waals surface area contributed by atoms with Crippen molar-refractivity contribution in [1.82, 2.24) is 34.0 Å². The van der Waals surface area contributed by atoms with E-state index in [0.717, 1.165) is 42.2 Å². The molecular formula is C25H32N8O2. The Kier molecular flexibility index (Phi) is 5.28. The Morgan fingerprint density at radius 1 is 1.06 bits per heavy atom. The number of morpholine rings is 1. The van der Waals surface area contributed by atoms with Crippen molar-refractivity contribution in [2.75, 3.05) is 44.3 Å². The minimum absolute atomic E-state index is 0.377. The van der Waals surface area contributed by atoms with Crippen LogP contribution in [0.4, 0.5) is 5.82 Å². The molecule has 4 aromatic rings. The fourth-order valence-corrected chi connectivity index (χ4v) is 5.22. The third-order valence-electron chi connectivity index (χ3n) is 7.22. The standard InChI is InChI=1S/C25H32N8O2/c1-5-19-26-17-8-6-7-9-18(17)33(19)24-28-21-20(22(29-24)31-10-12-35-13-11-31)27-23(30(21)4)25(34)14-32(15-25)16(2)3/h6-9,16,34H,5,10-15H2,1-4H3. The normalized spacial score (nSPS) is 18.6. The Bertz CT molecular complexity index is 1400. The van der Waals surface area contributed by atoms with Gasteiger partial charge in [-0.15, -0.1) is 0 Å². The number of likely N-dealkylation sites (tertiary alicyclic amines) is 1. The molecule has 2 aliphatic heterocycles. The number of para-hydroxylation sites is 2. The van der Waals surface area contributed by atoms with E-state index in [2.05, 4.69) is 36.6 Å². The molecule has 5 heterocycles. The lowest BCUT2D eigenvalue weighted by atomic mass is 9.91. The number of anilines is 1. The van der Waals surface area contributed by atoms with Crippen LogP contribution in [0.1, 0.15) is 32.4 Å². The number of imidazole rings is 2. The Balaban J connectivity index is 1.56. The summed E-state index contributed by atoms with van der Waals surface area (Å²) < 4.78 is 9.59. The van der Waals surface area contributed by atoms with Crippen LogP contribution in [0, 0.1) is 0 Å². The molecule has 0 amide bonds. The lowest BCUT2D eigenvalue weighted by molar-refractivity contribution is -0.123. The van der Waals surface area contributed by atoms with Gasteiger partial charge >= 0.3 is 0 Å². The van der Waals surface area contributed by atoms with Gasteiger partial charge in [-0.1, -0.05) is 19.1 Å². The summed E-state index contributed by atoms with van der Waals surface area (Å²) in [4.78, 5) is 24.3. The first-order chi connectivity index (χ1) is 16.9. The summed E-state index contributed by atoms with van der Waals surface area (Å²) in [6.07, 6.45) is 0.754. The Morgan fingerprint density at radius 3 is 2.51 bits per heavy atom. The van der Waals surface area contributed by atoms with E-state index in [1.165, 1.54) is 0 Å². The van der Waals surface area contributed by atoms with Gasteiger partial charge < -0.3 is 19.3 Å². The third-order valence-corrected chi connectivity index (χ3v) is 7.22. The molecule has 0 radical (unpaired) electrons. The highest BCUT2D eigenvalue weighted by Gasteiger charge is 2.47. The molecule has 1 N–H and O–H groups in total. The van der Waals surface area contributed by atoms with Gasteiger partial charge in [0.05, 0.1) is 24.2 Å². The predicted octanol–water partition coefficient (Wildman–Crippen LogP) is 2.01. The number of hydrogen-bond donors (Lipinski definition) is 1. The highest BCUT2D eigenvalue weighted by Crippen LogP contribution is 2.36. The number of β-amino-alcohol motifs (C(OH)–C–C–N with tert-alkyl or cyclic N) is 1. The molecule has 35 heavy (non-hydrogen) atoms. The van der Waals surface area contributed by atoms with E-state index in [-0.39, 0.29) is 0 Å². The Labute approximate surface area is 204 Å². The first-order valence-corrected chi connectivity index (χ1v) is 12.4. The maximum Gasteiger partial charge on any atom is 0.239 e. The van der Waals surface area contributed by atoms with Crippen LogP contribution in [0.5, 0.6) is 0 Å². The zero-order chi connectivity index (χ0) is 24.3. The zero-order valence-electron chi connectivity index (χ0n) is 20.8. The molecule has 0 spiro atoms. The van der Waals surface area contributed by atoms with Crippen molar-refractivity contribution in [2.45, 2.75) is 38.8 Å². The van der Waals surface area contributed by atoms with Gasteiger partial charge in [-0.3, -0.25) is 9.47 Å². The molecule has 6 rings (SSSR count). The molecule has 2 aliphatic rings. The number of benzene rings is 1. The summed E-state index contributed by atoms with van der Waals surface area (Å²) >= 11 is 0. The first kappa shape index (κ1) is 22.4. The van der Waals surface area contributed by atoms with Crippen LogP contribution in [0.3, 0.4) is 0 Å². The molecule has 0 atom stereocenters. The molecule has 0 aliphatic carbocycles. The smallest absolute Gasteiger partial charge is 0.239 e. The van der Waals surface area contributed by atoms with Gasteiger partial charge in [0.1, 0.15) is 17.2 Å². The number of aromatic nitrogens is 6. The second-order valence-corrected chi connectivity index (χ2v) is 9.85. The van der Waals surface area contributed by atoms with E-state index < -0.39 is 5.60 Å². The van der Waals surface area contributed by atoms with Crippen molar-refractivity contribution >= 4 is 28.0 Å². The summed E-state index contributed by atoms with van der Waals surface area (Å²) in [5, 5.41) is 11.4. The molecule has 0 unspecified atom stereocenters. The number of hydrogen-bond acceptors (Lipinski definition) is 8. The largest absolute Gasteiger partial charge is 0.379 e. The summed E-state index contributed by atoms with van der Waals surface area (Å²) in [6.45, 7) is 10.2. The van der Waals surface area contributed by atoms with Crippen LogP contribution in [0.2, 0.25) is 0 Å². The highest BCUT2D eigenvalue weighted by molar-refractivity contribution is 5.86. The van der Waals surface area contributed by atoms with Crippen LogP contribution >= 0.6 is 0 Å². The van der Waals surface area contributed by atoms with Crippen LogP contribution < -0.4 is 4.90 Å². The second-order valence-electron chi connectivity index (χ2n) is 9.85. The number of ether oxygens (including phenoxy) is 1. The monoisotopic (exact) mass is 476 g/mol. The topological polar surface area (TPSA) is 97.4 Å². The van der Waals surface area contributed by atoms with Crippen molar-refractivity contribution in [3.05, 3.63) is 35.9 Å². The van der Waals surface area contributed by atoms with Gasteiger partial charge in [-0.05, 0) is 26.0 Å². The SMILES string of the molecule is CCc1nc2ccccc2n1-c1nc(N2CCOCC2)c2nc(C3(O)CN(C(C)C)C3)n(C)c2n1. The summed E-state index contributed by atoms with van der Waals surface area (Å²) in [5.41, 5.74) is 2.32. The average molecular weight is 477 g/mol. The third kappa shape index (κ3) is 3.50. The highest BCUT2D eigenvalue weighted by atomic mass is 16.5. The van der Waals surface area contributed by atoms with Gasteiger partial charge in [-0.25, -0.2) is 9.97 Å². The molecule has 1 aromatic carbocycles. The second kappa shape index (κ2) is 8.25. The van der Waals surface area contributed by atoms with E-state index in [1.54, 1.807) is 0 Å². The minimum Gasteiger partial charge on any atom is -0.379 e. The van der Waals surface area contributed by atoms with Gasteiger partial charge in [0, 0.05) is 45.7 Å². The quantitative estimate of drug-likeness (QED) is 0.467. The Hall–Kier alpha value is -3.08. The summed E-state index contributed by atoms with van der Waals surface area (Å²) in [7, 11) is 1.94. The van der Waals surface area contributed by atoms with Crippen LogP contribution in [-0.4, -0.2) is 84.5 Å². The van der Waals surface area contributed by atoms with Crippen molar-refractivity contribution in [3.8, 4) is 5.95 Å². The molecule has 2 fully saturated rings. The van der Waals surface area contributed by atoms with Crippen molar-refractivity contribution in [1.29, 1.82) is 0 Å². The van der Waals surface area contributed by atoms with Gasteiger partial charge in [0.2, 0.25) is 5.95 Å². The van der Waals surface area contributed by atoms with E-state index in [0.29, 0.717) is 55.3 Å². The average Bonchev–Trinajstić information content (AvgIpc) is 3.40. The molecule has 10 nitrogen and oxygen atoms in total. The molecule has 2 saturated heterocycles. The van der Waals surface area contributed by atoms with E-state index in [4.69, 9.17) is 24.7 Å². The summed E-state index contributed by atoms with van der Waals surface area (Å²) in [6, 6.07) is 8.45. The fourth-order valence-electron chi connectivity index (χ4n) is 5.22. The van der Waals surface area contributed by atoms with Crippen molar-refractivity contribution in [3.63, 3.8) is 0 Å². The number of aryl methyl sites for hydroxylation is 2. The molecular weight excluding hydrogens is 444 g/mol. The van der Waals surface area contributed by atoms with Gasteiger partial charge in [0.25, 0.3) is 0 Å². The van der Waals surface area contributed by atoms with Crippen molar-refractivity contribution in [2.24, 2.45) is 7.05 Å². The maximum atomic E-state index is 11.4. The van der Waals surface area contributed by atoms with Crippen molar-refractivity contribution < 1.29 is 9.84 Å². The molecule has 0 bridgehead atoms. The molecule has 3 aromatic heterocycles. The summed E-state index contributed by atoms with van der Waals surface area (Å²) in [5.74, 6) is 2.89. The lowest BCUT2D eigenvalue weighted by Gasteiger charge is -2.47. The predicted molar refractivity (Wildman–Crippen MR) is 134 cm³/mol. The maximum absolute atomic E-state index is 11.4. The first-order valence-electron chi connectivity index (χ1n) is 12.4. The lowest BCUT2D eigenvalue weighted by Crippen LogP contribution is -2.62. The number of rotatable bonds is 5. The molecule has 184 valence electrons. The van der Waals surface area contributed by atoms with Gasteiger partial charge in [0.15, 0.2) is 17.0 Å². The minimum atomic E-state index is -1.00. The molecule has 10 heteroatoms. The fraction of sp³-hybridized carbons (Fsp3) is 0.520. The number of aliphatic hydroxyl groups is 1. The number of fused-ring (bicyclic) bond motifs is 2. The van der Waals surface area contributed by atoms with Gasteiger partial charge in [-0.2, -0.15) is 9.97 Å².